The molecule has 0 saturated heterocycles. The quantitative estimate of drug-likeness (QED) is 0.710. The van der Waals surface area contributed by atoms with Crippen LogP contribution in [0.3, 0.4) is 0 Å². The van der Waals surface area contributed by atoms with Crippen LogP contribution in [0.25, 0.3) is 16.6 Å². The molecule has 0 atom stereocenters. The van der Waals surface area contributed by atoms with Crippen LogP contribution in [0.1, 0.15) is 12.0 Å². The van der Waals surface area contributed by atoms with E-state index in [-0.39, 0.29) is 10.6 Å². The molecule has 1 N–H and O–H groups in total. The van der Waals surface area contributed by atoms with E-state index in [0.29, 0.717) is 16.8 Å². The third-order valence-electron chi connectivity index (χ3n) is 4.84. The Hall–Kier alpha value is -2.84. The van der Waals surface area contributed by atoms with Crippen LogP contribution >= 0.6 is 0 Å². The first-order valence-electron chi connectivity index (χ1n) is 8.90. The van der Waals surface area contributed by atoms with Crippen LogP contribution in [0.15, 0.2) is 53.7 Å². The van der Waals surface area contributed by atoms with Gasteiger partial charge in [0.15, 0.2) is 11.5 Å². The molecule has 0 saturated carbocycles. The van der Waals surface area contributed by atoms with Crippen molar-refractivity contribution in [2.45, 2.75) is 11.3 Å². The first-order valence-corrected chi connectivity index (χ1v) is 10.3. The summed E-state index contributed by atoms with van der Waals surface area (Å²) in [6, 6.07) is 8.31. The molecular weight excluding hydrogens is 378 g/mol. The Morgan fingerprint density at radius 3 is 2.71 bits per heavy atom. The first-order chi connectivity index (χ1) is 13.6. The number of nitrogens with zero attached hydrogens (tertiary/aromatic N) is 2. The smallest absolute Gasteiger partial charge is 0.272 e. The maximum atomic E-state index is 13.6. The van der Waals surface area contributed by atoms with Gasteiger partial charge in [0.1, 0.15) is 4.90 Å². The van der Waals surface area contributed by atoms with Crippen molar-refractivity contribution in [1.82, 2.24) is 14.3 Å². The van der Waals surface area contributed by atoms with E-state index in [0.717, 1.165) is 30.6 Å². The summed E-state index contributed by atoms with van der Waals surface area (Å²) in [7, 11) is -1.02. The highest BCUT2D eigenvalue weighted by Crippen LogP contribution is 2.37. The van der Waals surface area contributed by atoms with Crippen LogP contribution < -0.4 is 14.8 Å². The standard InChI is InChI=1S/C20H21N3O4S/c1-26-17-6-3-7-18(20(17)27-2)28(24,25)23-13-15(14-8-11-21-12-9-14)19-16(23)5-4-10-22-19/h3-8,10,13,21H,9,11-12H2,1-2H3. The average molecular weight is 399 g/mol. The van der Waals surface area contributed by atoms with Crippen LogP contribution in [0.4, 0.5) is 0 Å². The minimum absolute atomic E-state index is 0.0425. The summed E-state index contributed by atoms with van der Waals surface area (Å²) in [5.41, 5.74) is 3.12. The number of nitrogens with one attached hydrogen (secondary N) is 1. The van der Waals surface area contributed by atoms with Gasteiger partial charge in [-0.3, -0.25) is 4.98 Å². The Kier molecular flexibility index (Phi) is 4.82. The molecule has 0 fully saturated rings. The summed E-state index contributed by atoms with van der Waals surface area (Å²) in [6.45, 7) is 1.60. The number of hydrogen-bond acceptors (Lipinski definition) is 6. The third kappa shape index (κ3) is 2.94. The van der Waals surface area contributed by atoms with E-state index in [1.54, 1.807) is 36.7 Å². The van der Waals surface area contributed by atoms with Crippen molar-refractivity contribution in [3.8, 4) is 11.5 Å². The van der Waals surface area contributed by atoms with Crippen molar-refractivity contribution in [2.24, 2.45) is 0 Å². The van der Waals surface area contributed by atoms with Gasteiger partial charge in [0.2, 0.25) is 0 Å². The summed E-state index contributed by atoms with van der Waals surface area (Å²) in [4.78, 5) is 4.50. The maximum Gasteiger partial charge on any atom is 0.272 e. The molecule has 1 aliphatic rings. The fraction of sp³-hybridized carbons (Fsp3) is 0.250. The lowest BCUT2D eigenvalue weighted by Gasteiger charge is -2.14. The van der Waals surface area contributed by atoms with Crippen LogP contribution in [-0.4, -0.2) is 44.7 Å². The number of benzene rings is 1. The molecule has 1 aliphatic heterocycles. The van der Waals surface area contributed by atoms with Crippen LogP contribution in [0, 0.1) is 0 Å². The maximum absolute atomic E-state index is 13.6. The highest BCUT2D eigenvalue weighted by Gasteiger charge is 2.27. The van der Waals surface area contributed by atoms with Gasteiger partial charge < -0.3 is 14.8 Å². The van der Waals surface area contributed by atoms with E-state index < -0.39 is 10.0 Å². The Morgan fingerprint density at radius 1 is 1.14 bits per heavy atom. The van der Waals surface area contributed by atoms with Crippen molar-refractivity contribution >= 4 is 26.6 Å². The minimum Gasteiger partial charge on any atom is -0.493 e. The number of rotatable bonds is 5. The predicted octanol–water partition coefficient (Wildman–Crippen LogP) is 2.67. The van der Waals surface area contributed by atoms with E-state index in [1.807, 2.05) is 0 Å². The Balaban J connectivity index is 1.96. The Labute approximate surface area is 163 Å². The molecule has 2 aromatic heterocycles. The first kappa shape index (κ1) is 18.5. The molecule has 4 rings (SSSR count). The van der Waals surface area contributed by atoms with Crippen molar-refractivity contribution in [1.29, 1.82) is 0 Å². The molecule has 0 aliphatic carbocycles. The summed E-state index contributed by atoms with van der Waals surface area (Å²) < 4.78 is 39.0. The van der Waals surface area contributed by atoms with Gasteiger partial charge in [0.05, 0.1) is 25.3 Å². The third-order valence-corrected chi connectivity index (χ3v) is 6.54. The molecule has 0 radical (unpaired) electrons. The van der Waals surface area contributed by atoms with Crippen LogP contribution in [0.5, 0.6) is 11.5 Å². The molecule has 1 aromatic carbocycles. The second-order valence-electron chi connectivity index (χ2n) is 6.39. The molecule has 0 bridgehead atoms. The van der Waals surface area contributed by atoms with Gasteiger partial charge in [-0.25, -0.2) is 12.4 Å². The van der Waals surface area contributed by atoms with E-state index in [2.05, 4.69) is 16.4 Å². The van der Waals surface area contributed by atoms with Crippen molar-refractivity contribution in [3.63, 3.8) is 0 Å². The Morgan fingerprint density at radius 2 is 2.00 bits per heavy atom. The van der Waals surface area contributed by atoms with Crippen LogP contribution in [0.2, 0.25) is 0 Å². The number of pyridine rings is 1. The molecule has 7 nitrogen and oxygen atoms in total. The van der Waals surface area contributed by atoms with Gasteiger partial charge in [-0.15, -0.1) is 0 Å². The van der Waals surface area contributed by atoms with Crippen LogP contribution in [-0.2, 0) is 10.0 Å². The Bertz CT molecular complexity index is 1170. The number of ether oxygens (including phenoxy) is 2. The molecule has 0 amide bonds. The molecular formula is C20H21N3O4S. The fourth-order valence-electron chi connectivity index (χ4n) is 3.50. The molecule has 146 valence electrons. The second kappa shape index (κ2) is 7.29. The lowest BCUT2D eigenvalue weighted by molar-refractivity contribution is 0.346. The number of aromatic nitrogens is 2. The number of methoxy groups -OCH3 is 2. The topological polar surface area (TPSA) is 82.5 Å². The summed E-state index contributed by atoms with van der Waals surface area (Å²) >= 11 is 0. The normalized spacial score (nSPS) is 14.7. The zero-order valence-electron chi connectivity index (χ0n) is 15.7. The molecule has 3 heterocycles. The predicted molar refractivity (Wildman–Crippen MR) is 107 cm³/mol. The van der Waals surface area contributed by atoms with Gasteiger partial charge in [-0.1, -0.05) is 12.1 Å². The largest absolute Gasteiger partial charge is 0.493 e. The minimum atomic E-state index is -3.93. The summed E-state index contributed by atoms with van der Waals surface area (Å²) in [6.07, 6.45) is 6.23. The highest BCUT2D eigenvalue weighted by molar-refractivity contribution is 7.90. The molecule has 0 unspecified atom stereocenters. The average Bonchev–Trinajstić information content (AvgIpc) is 3.14. The lowest BCUT2D eigenvalue weighted by atomic mass is 10.0. The zero-order valence-corrected chi connectivity index (χ0v) is 16.5. The zero-order chi connectivity index (χ0) is 19.7. The van der Waals surface area contributed by atoms with Crippen molar-refractivity contribution < 1.29 is 17.9 Å². The highest BCUT2D eigenvalue weighted by atomic mass is 32.2. The molecule has 28 heavy (non-hydrogen) atoms. The van der Waals surface area contributed by atoms with Gasteiger partial charge >= 0.3 is 0 Å². The summed E-state index contributed by atoms with van der Waals surface area (Å²) in [5.74, 6) is 0.540. The van der Waals surface area contributed by atoms with Gasteiger partial charge in [0, 0.05) is 24.5 Å². The fourth-order valence-corrected chi connectivity index (χ4v) is 5.03. The number of hydrogen-bond donors (Lipinski definition) is 1. The van der Waals surface area contributed by atoms with E-state index >= 15 is 0 Å². The lowest BCUT2D eigenvalue weighted by Crippen LogP contribution is -2.20. The van der Waals surface area contributed by atoms with Crippen molar-refractivity contribution in [3.05, 3.63) is 54.4 Å². The van der Waals surface area contributed by atoms with Gasteiger partial charge in [-0.2, -0.15) is 0 Å². The second-order valence-corrected chi connectivity index (χ2v) is 8.17. The number of fused-ring (bicyclic) bond motifs is 1. The van der Waals surface area contributed by atoms with E-state index in [9.17, 15) is 8.42 Å². The number of para-hydroxylation sites is 1. The van der Waals surface area contributed by atoms with E-state index in [1.165, 1.54) is 24.3 Å². The van der Waals surface area contributed by atoms with Crippen molar-refractivity contribution in [2.75, 3.05) is 27.3 Å². The summed E-state index contributed by atoms with van der Waals surface area (Å²) in [5, 5.41) is 3.27. The SMILES string of the molecule is COc1cccc(S(=O)(=O)n2cc(C3=CCNCC3)c3ncccc32)c1OC. The molecule has 8 heteroatoms. The monoisotopic (exact) mass is 399 g/mol. The molecule has 0 spiro atoms. The van der Waals surface area contributed by atoms with E-state index in [4.69, 9.17) is 9.47 Å². The van der Waals surface area contributed by atoms with Gasteiger partial charge in [-0.05, 0) is 42.8 Å². The molecule has 3 aromatic rings. The van der Waals surface area contributed by atoms with Gasteiger partial charge in [0.25, 0.3) is 10.0 Å².